The van der Waals surface area contributed by atoms with Crippen molar-refractivity contribution in [2.75, 3.05) is 11.5 Å². The third-order valence-corrected chi connectivity index (χ3v) is 5.66. The molecule has 2 heterocycles. The Morgan fingerprint density at radius 3 is 2.62 bits per heavy atom. The molecule has 21 heavy (non-hydrogen) atoms. The number of carbonyl (C=O) groups is 1. The quantitative estimate of drug-likeness (QED) is 0.864. The summed E-state index contributed by atoms with van der Waals surface area (Å²) in [6.07, 6.45) is 1.43. The molecular weight excluding hydrogens is 352 g/mol. The van der Waals surface area contributed by atoms with Crippen LogP contribution in [0.4, 0.5) is 4.79 Å². The molecule has 1 aliphatic carbocycles. The lowest BCUT2D eigenvalue weighted by molar-refractivity contribution is 0.0484. The van der Waals surface area contributed by atoms with E-state index in [1.807, 2.05) is 44.7 Å². The molecule has 1 saturated heterocycles. The highest BCUT2D eigenvalue weighted by molar-refractivity contribution is 9.10. The number of amides is 1. The number of fused-ring (bicyclic) bond motifs is 1. The summed E-state index contributed by atoms with van der Waals surface area (Å²) in [5.41, 5.74) is 0.109. The van der Waals surface area contributed by atoms with Crippen LogP contribution in [0.15, 0.2) is 22.8 Å². The van der Waals surface area contributed by atoms with Crippen molar-refractivity contribution >= 4 is 33.8 Å². The van der Waals surface area contributed by atoms with Gasteiger partial charge in [0.15, 0.2) is 0 Å². The fourth-order valence-electron chi connectivity index (χ4n) is 3.08. The van der Waals surface area contributed by atoms with Gasteiger partial charge in [0.25, 0.3) is 0 Å². The fraction of sp³-hybridized carbons (Fsp3) is 0.600. The third kappa shape index (κ3) is 2.80. The number of aromatic nitrogens is 1. The highest BCUT2D eigenvalue weighted by Gasteiger charge is 2.69. The number of pyridine rings is 1. The van der Waals surface area contributed by atoms with Crippen molar-refractivity contribution in [3.63, 3.8) is 0 Å². The lowest BCUT2D eigenvalue weighted by Crippen LogP contribution is -2.42. The Labute approximate surface area is 137 Å². The molecule has 1 aromatic rings. The van der Waals surface area contributed by atoms with E-state index in [-0.39, 0.29) is 11.6 Å². The van der Waals surface area contributed by atoms with E-state index in [1.54, 1.807) is 6.20 Å². The van der Waals surface area contributed by atoms with Gasteiger partial charge in [-0.1, -0.05) is 0 Å². The van der Waals surface area contributed by atoms with Crippen LogP contribution in [-0.2, 0) is 10.3 Å². The van der Waals surface area contributed by atoms with Crippen molar-refractivity contribution in [1.29, 1.82) is 0 Å². The van der Waals surface area contributed by atoms with Crippen LogP contribution >= 0.6 is 27.7 Å². The number of nitrogens with zero attached hydrogens (tertiary/aromatic N) is 1. The molecule has 6 heteroatoms. The summed E-state index contributed by atoms with van der Waals surface area (Å²) in [7, 11) is 0. The molecule has 2 aliphatic rings. The van der Waals surface area contributed by atoms with E-state index in [2.05, 4.69) is 26.2 Å². The van der Waals surface area contributed by atoms with Crippen LogP contribution < -0.4 is 5.32 Å². The van der Waals surface area contributed by atoms with Crippen LogP contribution in [-0.4, -0.2) is 28.2 Å². The van der Waals surface area contributed by atoms with Gasteiger partial charge in [-0.25, -0.2) is 4.79 Å². The van der Waals surface area contributed by atoms with Gasteiger partial charge in [-0.3, -0.25) is 4.98 Å². The minimum Gasteiger partial charge on any atom is -0.444 e. The van der Waals surface area contributed by atoms with Crippen molar-refractivity contribution < 1.29 is 9.53 Å². The van der Waals surface area contributed by atoms with Crippen molar-refractivity contribution in [3.05, 3.63) is 28.5 Å². The van der Waals surface area contributed by atoms with Crippen molar-refractivity contribution in [1.82, 2.24) is 10.3 Å². The second kappa shape index (κ2) is 5.16. The molecule has 1 aromatic heterocycles. The largest absolute Gasteiger partial charge is 0.444 e. The molecule has 114 valence electrons. The van der Waals surface area contributed by atoms with E-state index in [1.165, 1.54) is 0 Å². The van der Waals surface area contributed by atoms with Crippen molar-refractivity contribution in [2.45, 2.75) is 31.9 Å². The second-order valence-corrected chi connectivity index (χ2v) is 8.60. The zero-order valence-corrected chi connectivity index (χ0v) is 14.8. The van der Waals surface area contributed by atoms with Gasteiger partial charge >= 0.3 is 6.09 Å². The Bertz CT molecular complexity index is 546. The third-order valence-electron chi connectivity index (χ3n) is 4.00. The summed E-state index contributed by atoms with van der Waals surface area (Å²) in [6.45, 7) is 5.63. The first-order valence-corrected chi connectivity index (χ1v) is 8.98. The number of hydrogen-bond donors (Lipinski definition) is 1. The van der Waals surface area contributed by atoms with Crippen molar-refractivity contribution in [3.8, 4) is 0 Å². The van der Waals surface area contributed by atoms with E-state index < -0.39 is 5.60 Å². The molecule has 1 saturated carbocycles. The predicted molar refractivity (Wildman–Crippen MR) is 87.3 cm³/mol. The first-order valence-electron chi connectivity index (χ1n) is 7.04. The summed E-state index contributed by atoms with van der Waals surface area (Å²) in [4.78, 5) is 16.7. The van der Waals surface area contributed by atoms with E-state index in [4.69, 9.17) is 4.74 Å². The summed E-state index contributed by atoms with van der Waals surface area (Å²) < 4.78 is 6.37. The molecule has 1 N–H and O–H groups in total. The van der Waals surface area contributed by atoms with E-state index in [9.17, 15) is 4.79 Å². The summed E-state index contributed by atoms with van der Waals surface area (Å²) >= 11 is 5.35. The number of alkyl carbamates (subject to hydrolysis) is 1. The number of halogens is 1. The van der Waals surface area contributed by atoms with Crippen LogP contribution in [0.5, 0.6) is 0 Å². The average molecular weight is 371 g/mol. The highest BCUT2D eigenvalue weighted by Crippen LogP contribution is 2.63. The molecular formula is C15H19BrN2O2S. The SMILES string of the molecule is CC(C)(C)OC(=O)NC1(c2ccc(Br)cn2)C2CSCC21. The number of hydrogen-bond acceptors (Lipinski definition) is 4. The first-order chi connectivity index (χ1) is 9.83. The Hall–Kier alpha value is -0.750. The Morgan fingerprint density at radius 1 is 1.43 bits per heavy atom. The zero-order valence-electron chi connectivity index (χ0n) is 12.4. The number of carbonyl (C=O) groups excluding carboxylic acids is 1. The molecule has 0 radical (unpaired) electrons. The Balaban J connectivity index is 1.83. The summed E-state index contributed by atoms with van der Waals surface area (Å²) in [5.74, 6) is 3.06. The highest BCUT2D eigenvalue weighted by atomic mass is 79.9. The average Bonchev–Trinajstić information content (AvgIpc) is 2.76. The molecule has 2 atom stereocenters. The predicted octanol–water partition coefficient (Wildman–Crippen LogP) is 3.56. The smallest absolute Gasteiger partial charge is 0.408 e. The molecule has 4 nitrogen and oxygen atoms in total. The monoisotopic (exact) mass is 370 g/mol. The second-order valence-electron chi connectivity index (χ2n) is 6.61. The molecule has 0 spiro atoms. The molecule has 2 fully saturated rings. The Kier molecular flexibility index (Phi) is 3.72. The van der Waals surface area contributed by atoms with Gasteiger partial charge in [-0.15, -0.1) is 0 Å². The maximum Gasteiger partial charge on any atom is 0.408 e. The standard InChI is InChI=1S/C15H19BrN2O2S/c1-14(2,3)20-13(19)18-15(10-7-21-8-11(10)15)12-5-4-9(16)6-17-12/h4-6,10-11H,7-8H2,1-3H3,(H,18,19). The lowest BCUT2D eigenvalue weighted by Gasteiger charge is -2.25. The van der Waals surface area contributed by atoms with Gasteiger partial charge in [0.05, 0.1) is 11.2 Å². The first kappa shape index (κ1) is 15.2. The van der Waals surface area contributed by atoms with Gasteiger partial charge in [0.1, 0.15) is 5.60 Å². The van der Waals surface area contributed by atoms with Gasteiger partial charge in [0, 0.05) is 22.5 Å². The topological polar surface area (TPSA) is 51.2 Å². The Morgan fingerprint density at radius 2 is 2.10 bits per heavy atom. The van der Waals surface area contributed by atoms with Crippen LogP contribution in [0.25, 0.3) is 0 Å². The minimum atomic E-state index is -0.489. The van der Waals surface area contributed by atoms with Crippen LogP contribution in [0.3, 0.4) is 0 Å². The molecule has 0 bridgehead atoms. The molecule has 1 aliphatic heterocycles. The summed E-state index contributed by atoms with van der Waals surface area (Å²) in [6, 6.07) is 3.96. The van der Waals surface area contributed by atoms with Crippen LogP contribution in [0.1, 0.15) is 26.5 Å². The lowest BCUT2D eigenvalue weighted by atomic mass is 10.1. The van der Waals surface area contributed by atoms with E-state index >= 15 is 0 Å². The minimum absolute atomic E-state index is 0.339. The number of rotatable bonds is 2. The number of nitrogens with one attached hydrogen (secondary N) is 1. The summed E-state index contributed by atoms with van der Waals surface area (Å²) in [5, 5.41) is 3.11. The molecule has 2 unspecified atom stereocenters. The molecule has 0 aromatic carbocycles. The van der Waals surface area contributed by atoms with Gasteiger partial charge in [-0.05, 0) is 60.3 Å². The maximum absolute atomic E-state index is 12.2. The molecule has 3 rings (SSSR count). The van der Waals surface area contributed by atoms with Gasteiger partial charge < -0.3 is 10.1 Å². The van der Waals surface area contributed by atoms with Gasteiger partial charge in [-0.2, -0.15) is 11.8 Å². The van der Waals surface area contributed by atoms with Gasteiger partial charge in [0.2, 0.25) is 0 Å². The van der Waals surface area contributed by atoms with Crippen LogP contribution in [0, 0.1) is 11.8 Å². The van der Waals surface area contributed by atoms with E-state index in [0.29, 0.717) is 11.8 Å². The molecule has 1 amide bonds. The van der Waals surface area contributed by atoms with Crippen molar-refractivity contribution in [2.24, 2.45) is 11.8 Å². The number of thioether (sulfide) groups is 1. The maximum atomic E-state index is 12.2. The van der Waals surface area contributed by atoms with E-state index in [0.717, 1.165) is 21.7 Å². The van der Waals surface area contributed by atoms with Crippen LogP contribution in [0.2, 0.25) is 0 Å². The number of ether oxygens (including phenoxy) is 1. The zero-order chi connectivity index (χ0) is 15.3. The fourth-order valence-corrected chi connectivity index (χ4v) is 4.95. The normalized spacial score (nSPS) is 30.7.